The first-order valence-electron chi connectivity index (χ1n) is 10.6. The zero-order valence-electron chi connectivity index (χ0n) is 18.0. The van der Waals surface area contributed by atoms with E-state index in [1.807, 2.05) is 69.3 Å². The Balaban J connectivity index is 1.90. The molecule has 1 aromatic carbocycles. The second-order valence-electron chi connectivity index (χ2n) is 8.43. The molecule has 0 aliphatic carbocycles. The van der Waals surface area contributed by atoms with E-state index in [1.165, 1.54) is 0 Å². The second kappa shape index (κ2) is 9.73. The van der Waals surface area contributed by atoms with Crippen molar-refractivity contribution in [2.24, 2.45) is 5.92 Å². The summed E-state index contributed by atoms with van der Waals surface area (Å²) in [6.45, 7) is 9.65. The summed E-state index contributed by atoms with van der Waals surface area (Å²) < 4.78 is 18.3. The fourth-order valence-corrected chi connectivity index (χ4v) is 4.03. The first kappa shape index (κ1) is 22.5. The van der Waals surface area contributed by atoms with Crippen LogP contribution < -0.4 is 0 Å². The molecule has 5 nitrogen and oxygen atoms in total. The molecular formula is C25H32O5. The van der Waals surface area contributed by atoms with Crippen LogP contribution in [0.25, 0.3) is 0 Å². The molecule has 1 fully saturated rings. The predicted octanol–water partition coefficient (Wildman–Crippen LogP) is 4.64. The zero-order chi connectivity index (χ0) is 21.7. The van der Waals surface area contributed by atoms with E-state index in [2.05, 4.69) is 6.58 Å². The summed E-state index contributed by atoms with van der Waals surface area (Å²) in [6.07, 6.45) is 6.51. The van der Waals surface area contributed by atoms with Crippen molar-refractivity contribution in [2.75, 3.05) is 0 Å². The van der Waals surface area contributed by atoms with Crippen LogP contribution in [0.15, 0.2) is 66.8 Å². The minimum absolute atomic E-state index is 0.0436. The highest BCUT2D eigenvalue weighted by molar-refractivity contribution is 5.70. The number of aliphatic hydroxyl groups is 1. The highest BCUT2D eigenvalue weighted by atomic mass is 16.7. The van der Waals surface area contributed by atoms with E-state index in [9.17, 15) is 9.90 Å². The molecule has 2 aliphatic heterocycles. The molecule has 0 aromatic heterocycles. The molecular weight excluding hydrogens is 380 g/mol. The van der Waals surface area contributed by atoms with Gasteiger partial charge in [-0.25, -0.2) is 0 Å². The number of allylic oxidation sites excluding steroid dienone is 2. The Morgan fingerprint density at radius 1 is 1.27 bits per heavy atom. The van der Waals surface area contributed by atoms with Crippen molar-refractivity contribution in [3.63, 3.8) is 0 Å². The van der Waals surface area contributed by atoms with E-state index in [1.54, 1.807) is 6.08 Å². The summed E-state index contributed by atoms with van der Waals surface area (Å²) >= 11 is 0. The first-order valence-corrected chi connectivity index (χ1v) is 10.6. The summed E-state index contributed by atoms with van der Waals surface area (Å²) in [5.41, 5.74) is 1.25. The maximum absolute atomic E-state index is 12.4. The fraction of sp³-hybridized carbons (Fsp3) is 0.480. The second-order valence-corrected chi connectivity index (χ2v) is 8.43. The lowest BCUT2D eigenvalue weighted by atomic mass is 9.89. The number of hydrogen-bond donors (Lipinski definition) is 1. The molecule has 0 amide bonds. The molecule has 5 heteroatoms. The van der Waals surface area contributed by atoms with Crippen LogP contribution in [0.3, 0.4) is 0 Å². The third-order valence-electron chi connectivity index (χ3n) is 5.85. The van der Waals surface area contributed by atoms with Gasteiger partial charge in [0.1, 0.15) is 12.2 Å². The monoisotopic (exact) mass is 412 g/mol. The van der Waals surface area contributed by atoms with Gasteiger partial charge in [-0.15, -0.1) is 0 Å². The highest BCUT2D eigenvalue weighted by Gasteiger charge is 2.45. The number of esters is 1. The molecule has 2 heterocycles. The standard InChI is InChI=1S/C25H32O5/c1-5-9-17(2)23-18(3)12-13-21-25(4,15-14-20(26)16-22(27)29-23)30-24(28-21)19-10-7-6-8-11-19/h5-13,18,20-21,23-24,26H,1,14-16H2,2-4H3/b13-12+,17-9+/t18-,20+,21-,23+,24-,25+/m0/s1. The number of benzene rings is 1. The molecule has 0 saturated carbocycles. The smallest absolute Gasteiger partial charge is 0.309 e. The predicted molar refractivity (Wildman–Crippen MR) is 116 cm³/mol. The summed E-state index contributed by atoms with van der Waals surface area (Å²) in [7, 11) is 0. The van der Waals surface area contributed by atoms with Crippen LogP contribution in [-0.4, -0.2) is 35.0 Å². The number of rotatable bonds is 3. The molecule has 6 atom stereocenters. The number of ether oxygens (including phenoxy) is 3. The van der Waals surface area contributed by atoms with Gasteiger partial charge in [-0.05, 0) is 32.3 Å². The highest BCUT2D eigenvalue weighted by Crippen LogP contribution is 2.42. The summed E-state index contributed by atoms with van der Waals surface area (Å²) in [6, 6.07) is 9.83. The number of fused-ring (bicyclic) bond motifs is 1. The molecule has 0 spiro atoms. The molecule has 2 aliphatic rings. The summed E-state index contributed by atoms with van der Waals surface area (Å²) in [5, 5.41) is 10.4. The molecule has 0 radical (unpaired) electrons. The third kappa shape index (κ3) is 5.28. The van der Waals surface area contributed by atoms with Gasteiger partial charge < -0.3 is 19.3 Å². The Kier molecular flexibility index (Phi) is 7.29. The number of carbonyl (C=O) groups is 1. The van der Waals surface area contributed by atoms with E-state index >= 15 is 0 Å². The van der Waals surface area contributed by atoms with Gasteiger partial charge in [-0.1, -0.05) is 68.1 Å². The number of carbonyl (C=O) groups excluding carboxylic acids is 1. The van der Waals surface area contributed by atoms with E-state index in [0.29, 0.717) is 12.8 Å². The average Bonchev–Trinajstić information content (AvgIpc) is 3.06. The Labute approximate surface area is 179 Å². The van der Waals surface area contributed by atoms with Gasteiger partial charge in [0.05, 0.1) is 18.1 Å². The van der Waals surface area contributed by atoms with Gasteiger partial charge in [0.25, 0.3) is 0 Å². The molecule has 3 rings (SSSR count). The Hall–Kier alpha value is -2.21. The topological polar surface area (TPSA) is 65.0 Å². The van der Waals surface area contributed by atoms with Crippen LogP contribution in [0.1, 0.15) is 51.9 Å². The van der Waals surface area contributed by atoms with Gasteiger partial charge in [0, 0.05) is 11.5 Å². The van der Waals surface area contributed by atoms with Crippen LogP contribution in [0.4, 0.5) is 0 Å². The Morgan fingerprint density at radius 3 is 2.70 bits per heavy atom. The van der Waals surface area contributed by atoms with Crippen molar-refractivity contribution in [1.29, 1.82) is 0 Å². The molecule has 0 unspecified atom stereocenters. The Bertz CT molecular complexity index is 799. The van der Waals surface area contributed by atoms with Crippen molar-refractivity contribution >= 4 is 5.97 Å². The minimum atomic E-state index is -0.794. The lowest BCUT2D eigenvalue weighted by Crippen LogP contribution is -2.37. The molecule has 0 bridgehead atoms. The van der Waals surface area contributed by atoms with Gasteiger partial charge in [0.15, 0.2) is 6.29 Å². The van der Waals surface area contributed by atoms with Crippen LogP contribution in [0, 0.1) is 5.92 Å². The van der Waals surface area contributed by atoms with Gasteiger partial charge in [-0.2, -0.15) is 0 Å². The van der Waals surface area contributed by atoms with Gasteiger partial charge in [0.2, 0.25) is 0 Å². The van der Waals surface area contributed by atoms with Crippen LogP contribution in [0.2, 0.25) is 0 Å². The fourth-order valence-electron chi connectivity index (χ4n) is 4.03. The van der Waals surface area contributed by atoms with Crippen molar-refractivity contribution in [3.8, 4) is 0 Å². The average molecular weight is 413 g/mol. The maximum Gasteiger partial charge on any atom is 0.309 e. The maximum atomic E-state index is 12.4. The lowest BCUT2D eigenvalue weighted by Gasteiger charge is -2.30. The van der Waals surface area contributed by atoms with Crippen molar-refractivity contribution in [3.05, 3.63) is 72.4 Å². The van der Waals surface area contributed by atoms with E-state index in [4.69, 9.17) is 14.2 Å². The molecule has 1 N–H and O–H groups in total. The number of cyclic esters (lactones) is 1. The number of aliphatic hydroxyl groups excluding tert-OH is 1. The molecule has 162 valence electrons. The first-order chi connectivity index (χ1) is 14.3. The minimum Gasteiger partial charge on any atom is -0.457 e. The Morgan fingerprint density at radius 2 is 2.00 bits per heavy atom. The summed E-state index contributed by atoms with van der Waals surface area (Å²) in [5.74, 6) is -0.483. The third-order valence-corrected chi connectivity index (χ3v) is 5.85. The van der Waals surface area contributed by atoms with E-state index in [0.717, 1.165) is 11.1 Å². The largest absolute Gasteiger partial charge is 0.457 e. The van der Waals surface area contributed by atoms with Gasteiger partial charge in [-0.3, -0.25) is 4.79 Å². The normalized spacial score (nSPS) is 36.7. The van der Waals surface area contributed by atoms with Gasteiger partial charge >= 0.3 is 5.97 Å². The number of hydrogen-bond acceptors (Lipinski definition) is 5. The lowest BCUT2D eigenvalue weighted by molar-refractivity contribution is -0.151. The van der Waals surface area contributed by atoms with Crippen molar-refractivity contribution in [1.82, 2.24) is 0 Å². The van der Waals surface area contributed by atoms with Crippen LogP contribution in [-0.2, 0) is 19.0 Å². The zero-order valence-corrected chi connectivity index (χ0v) is 18.0. The SMILES string of the molecule is C=C/C=C(\C)[C@H]1OC(=O)C[C@H](O)CC[C@@]2(C)O[C@@H](c3ccccc3)O[C@H]2/C=C/[C@@H]1C. The van der Waals surface area contributed by atoms with E-state index in [-0.39, 0.29) is 18.4 Å². The molecule has 1 aromatic rings. The van der Waals surface area contributed by atoms with E-state index < -0.39 is 30.1 Å². The molecule has 1 saturated heterocycles. The van der Waals surface area contributed by atoms with Crippen molar-refractivity contribution in [2.45, 2.75) is 70.2 Å². The summed E-state index contributed by atoms with van der Waals surface area (Å²) in [4.78, 5) is 12.4. The van der Waals surface area contributed by atoms with Crippen LogP contribution in [0.5, 0.6) is 0 Å². The van der Waals surface area contributed by atoms with Crippen LogP contribution >= 0.6 is 0 Å². The quantitative estimate of drug-likeness (QED) is 0.445. The molecule has 30 heavy (non-hydrogen) atoms. The van der Waals surface area contributed by atoms with Crippen molar-refractivity contribution < 1.29 is 24.1 Å².